The average Bonchev–Trinajstić information content (AvgIpc) is 2.81. The fourth-order valence-electron chi connectivity index (χ4n) is 1.36. The number of halogens is 2. The van der Waals surface area contributed by atoms with E-state index in [0.29, 0.717) is 5.41 Å². The third-order valence-electron chi connectivity index (χ3n) is 2.43. The summed E-state index contributed by atoms with van der Waals surface area (Å²) in [5.41, 5.74) is 2.08. The molecule has 3 heteroatoms. The van der Waals surface area contributed by atoms with Crippen LogP contribution in [0.3, 0.4) is 0 Å². The predicted octanol–water partition coefficient (Wildman–Crippen LogP) is 2.74. The number of hydrogen-bond acceptors (Lipinski definition) is 1. The molecule has 0 saturated heterocycles. The molecule has 0 aliphatic heterocycles. The Labute approximate surface area is 84.1 Å². The van der Waals surface area contributed by atoms with E-state index in [2.05, 4.69) is 5.32 Å². The van der Waals surface area contributed by atoms with Gasteiger partial charge in [0.05, 0.1) is 0 Å². The van der Waals surface area contributed by atoms with Crippen molar-refractivity contribution in [3.05, 3.63) is 11.6 Å². The second-order valence-corrected chi connectivity index (χ2v) is 4.06. The van der Waals surface area contributed by atoms with Gasteiger partial charge in [-0.2, -0.15) is 0 Å². The Kier molecular flexibility index (Phi) is 4.41. The molecular weight excluding hydrogens is 193 g/mol. The van der Waals surface area contributed by atoms with Gasteiger partial charge in [-0.1, -0.05) is 17.7 Å². The Hall–Kier alpha value is 0.280. The summed E-state index contributed by atoms with van der Waals surface area (Å²) in [7, 11) is 0. The minimum atomic E-state index is 0.530. The summed E-state index contributed by atoms with van der Waals surface area (Å²) in [5.74, 6) is 0.785. The van der Waals surface area contributed by atoms with Crippen LogP contribution < -0.4 is 5.32 Å². The Balaban J connectivity index is 2.05. The molecule has 0 unspecified atom stereocenters. The fraction of sp³-hybridized carbons (Fsp3) is 0.778. The summed E-state index contributed by atoms with van der Waals surface area (Å²) in [6, 6.07) is 0. The van der Waals surface area contributed by atoms with Crippen molar-refractivity contribution in [2.24, 2.45) is 5.41 Å². The van der Waals surface area contributed by atoms with Gasteiger partial charge in [0, 0.05) is 24.5 Å². The minimum Gasteiger partial charge on any atom is -0.313 e. The summed E-state index contributed by atoms with van der Waals surface area (Å²) in [6.07, 6.45) is 5.72. The highest BCUT2D eigenvalue weighted by Crippen LogP contribution is 2.48. The van der Waals surface area contributed by atoms with Gasteiger partial charge >= 0.3 is 0 Å². The molecule has 0 heterocycles. The van der Waals surface area contributed by atoms with Gasteiger partial charge in [0.15, 0.2) is 0 Å². The van der Waals surface area contributed by atoms with E-state index in [1.54, 1.807) is 5.54 Å². The van der Waals surface area contributed by atoms with Crippen molar-refractivity contribution in [2.45, 2.75) is 19.3 Å². The van der Waals surface area contributed by atoms with Crippen LogP contribution in [0.1, 0.15) is 19.3 Å². The van der Waals surface area contributed by atoms with Crippen LogP contribution in [0, 0.1) is 5.41 Å². The summed E-state index contributed by atoms with van der Waals surface area (Å²) in [6.45, 7) is 1.95. The van der Waals surface area contributed by atoms with Crippen LogP contribution in [0.15, 0.2) is 11.6 Å². The van der Waals surface area contributed by atoms with Crippen LogP contribution in [0.25, 0.3) is 0 Å². The largest absolute Gasteiger partial charge is 0.313 e. The van der Waals surface area contributed by atoms with Crippen LogP contribution in [0.5, 0.6) is 0 Å². The first kappa shape index (κ1) is 10.4. The molecule has 0 amide bonds. The lowest BCUT2D eigenvalue weighted by Crippen LogP contribution is -2.24. The molecule has 1 N–H and O–H groups in total. The number of rotatable bonds is 6. The fourth-order valence-corrected chi connectivity index (χ4v) is 1.85. The molecule has 0 atom stereocenters. The van der Waals surface area contributed by atoms with E-state index in [9.17, 15) is 0 Å². The number of alkyl halides is 1. The molecule has 0 aromatic rings. The van der Waals surface area contributed by atoms with Gasteiger partial charge < -0.3 is 5.32 Å². The maximum Gasteiger partial charge on any atom is 0.0229 e. The first-order chi connectivity index (χ1) is 5.83. The minimum absolute atomic E-state index is 0.530. The van der Waals surface area contributed by atoms with Crippen LogP contribution in [-0.2, 0) is 0 Å². The lowest BCUT2D eigenvalue weighted by atomic mass is 10.0. The average molecular weight is 208 g/mol. The second kappa shape index (κ2) is 5.11. The highest BCUT2D eigenvalue weighted by Gasteiger charge is 2.40. The second-order valence-electron chi connectivity index (χ2n) is 3.43. The maximum absolute atomic E-state index is 5.70. The van der Waals surface area contributed by atoms with E-state index in [1.807, 2.05) is 6.08 Å². The molecule has 0 radical (unpaired) electrons. The molecule has 1 fully saturated rings. The number of hydrogen-bond donors (Lipinski definition) is 1. The zero-order chi connectivity index (χ0) is 8.86. The van der Waals surface area contributed by atoms with Gasteiger partial charge in [0.2, 0.25) is 0 Å². The predicted molar refractivity (Wildman–Crippen MR) is 54.9 cm³/mol. The molecule has 0 aromatic carbocycles. The standard InChI is InChI=1S/C9H15Cl2N/c10-5-1-7-12-8-9(2-3-9)4-6-11/h1,5,12H,2-4,6-8H2/b5-1+. The molecular formula is C9H15Cl2N. The van der Waals surface area contributed by atoms with E-state index in [0.717, 1.165) is 25.4 Å². The smallest absolute Gasteiger partial charge is 0.0229 e. The van der Waals surface area contributed by atoms with E-state index in [1.165, 1.54) is 12.8 Å². The van der Waals surface area contributed by atoms with Gasteiger partial charge in [-0.25, -0.2) is 0 Å². The molecule has 70 valence electrons. The van der Waals surface area contributed by atoms with Crippen LogP contribution >= 0.6 is 23.2 Å². The number of nitrogens with one attached hydrogen (secondary N) is 1. The Morgan fingerprint density at radius 3 is 2.67 bits per heavy atom. The zero-order valence-corrected chi connectivity index (χ0v) is 8.67. The van der Waals surface area contributed by atoms with Crippen LogP contribution in [0.2, 0.25) is 0 Å². The highest BCUT2D eigenvalue weighted by atomic mass is 35.5. The molecule has 1 saturated carbocycles. The van der Waals surface area contributed by atoms with Gasteiger partial charge in [-0.15, -0.1) is 11.6 Å². The lowest BCUT2D eigenvalue weighted by Gasteiger charge is -2.12. The molecule has 12 heavy (non-hydrogen) atoms. The van der Waals surface area contributed by atoms with Gasteiger partial charge in [-0.3, -0.25) is 0 Å². The normalized spacial score (nSPS) is 20.2. The highest BCUT2D eigenvalue weighted by molar-refractivity contribution is 6.25. The molecule has 1 rings (SSSR count). The summed E-state index contributed by atoms with van der Waals surface area (Å²) in [4.78, 5) is 0. The van der Waals surface area contributed by atoms with Crippen molar-refractivity contribution in [1.29, 1.82) is 0 Å². The monoisotopic (exact) mass is 207 g/mol. The first-order valence-electron chi connectivity index (χ1n) is 4.35. The van der Waals surface area contributed by atoms with E-state index >= 15 is 0 Å². The Morgan fingerprint density at radius 1 is 1.42 bits per heavy atom. The summed E-state index contributed by atoms with van der Waals surface area (Å²) >= 11 is 11.1. The van der Waals surface area contributed by atoms with Crippen LogP contribution in [-0.4, -0.2) is 19.0 Å². The third kappa shape index (κ3) is 3.34. The molecule has 0 aromatic heterocycles. The van der Waals surface area contributed by atoms with Crippen molar-refractivity contribution >= 4 is 23.2 Å². The molecule has 1 aliphatic carbocycles. The van der Waals surface area contributed by atoms with Crippen molar-refractivity contribution in [1.82, 2.24) is 5.32 Å². The molecule has 0 bridgehead atoms. The summed E-state index contributed by atoms with van der Waals surface area (Å²) in [5, 5.41) is 3.34. The van der Waals surface area contributed by atoms with Gasteiger partial charge in [-0.05, 0) is 24.7 Å². The lowest BCUT2D eigenvalue weighted by molar-refractivity contribution is 0.458. The Morgan fingerprint density at radius 2 is 2.17 bits per heavy atom. The first-order valence-corrected chi connectivity index (χ1v) is 5.32. The molecule has 1 nitrogen and oxygen atoms in total. The Bertz CT molecular complexity index is 153. The van der Waals surface area contributed by atoms with Crippen LogP contribution in [0.4, 0.5) is 0 Å². The van der Waals surface area contributed by atoms with Crippen molar-refractivity contribution in [2.75, 3.05) is 19.0 Å². The van der Waals surface area contributed by atoms with Crippen molar-refractivity contribution in [3.63, 3.8) is 0 Å². The van der Waals surface area contributed by atoms with Gasteiger partial charge in [0.1, 0.15) is 0 Å². The van der Waals surface area contributed by atoms with Crippen molar-refractivity contribution in [3.8, 4) is 0 Å². The SMILES string of the molecule is Cl/C=C/CNCC1(CCCl)CC1. The van der Waals surface area contributed by atoms with Gasteiger partial charge in [0.25, 0.3) is 0 Å². The van der Waals surface area contributed by atoms with E-state index in [4.69, 9.17) is 23.2 Å². The molecule has 1 aliphatic rings. The quantitative estimate of drug-likeness (QED) is 0.522. The zero-order valence-electron chi connectivity index (χ0n) is 7.15. The summed E-state index contributed by atoms with van der Waals surface area (Å²) < 4.78 is 0. The third-order valence-corrected chi connectivity index (χ3v) is 2.80. The topological polar surface area (TPSA) is 12.0 Å². The van der Waals surface area contributed by atoms with E-state index < -0.39 is 0 Å². The molecule has 0 spiro atoms. The van der Waals surface area contributed by atoms with E-state index in [-0.39, 0.29) is 0 Å². The maximum atomic E-state index is 5.70. The van der Waals surface area contributed by atoms with Crippen molar-refractivity contribution < 1.29 is 0 Å².